The highest BCUT2D eigenvalue weighted by molar-refractivity contribution is 7.12. The quantitative estimate of drug-likeness (QED) is 0.480. The minimum atomic E-state index is -0.0822. The molecule has 0 aliphatic carbocycles. The summed E-state index contributed by atoms with van der Waals surface area (Å²) in [6.07, 6.45) is 0. The molecule has 2 aromatic heterocycles. The number of Topliss-reactive ketones (excluding diaryl/α,β-unsaturated/α-hetero) is 2. The Kier molecular flexibility index (Phi) is 6.23. The highest BCUT2D eigenvalue weighted by Crippen LogP contribution is 2.24. The molecule has 0 fully saturated rings. The summed E-state index contributed by atoms with van der Waals surface area (Å²) in [7, 11) is 1.60. The molecule has 0 spiro atoms. The second-order valence-electron chi connectivity index (χ2n) is 7.05. The van der Waals surface area contributed by atoms with E-state index in [9.17, 15) is 9.59 Å². The summed E-state index contributed by atoms with van der Waals surface area (Å²) in [5, 5.41) is 0. The van der Waals surface area contributed by atoms with E-state index in [0.29, 0.717) is 22.6 Å². The lowest BCUT2D eigenvalue weighted by atomic mass is 10.1. The van der Waals surface area contributed by atoms with Crippen LogP contribution in [0.1, 0.15) is 42.0 Å². The summed E-state index contributed by atoms with van der Waals surface area (Å²) in [4.78, 5) is 29.8. The summed E-state index contributed by atoms with van der Waals surface area (Å²) in [5.74, 6) is 1.92. The van der Waals surface area contributed by atoms with Gasteiger partial charge < -0.3 is 14.1 Å². The van der Waals surface area contributed by atoms with Gasteiger partial charge in [0, 0.05) is 21.0 Å². The summed E-state index contributed by atoms with van der Waals surface area (Å²) >= 11 is 1.61. The molecular formula is C23H25NO4S. The zero-order valence-corrected chi connectivity index (χ0v) is 18.2. The van der Waals surface area contributed by atoms with Crippen LogP contribution in [0.25, 0.3) is 0 Å². The van der Waals surface area contributed by atoms with Crippen molar-refractivity contribution in [2.24, 2.45) is 0 Å². The molecule has 152 valence electrons. The van der Waals surface area contributed by atoms with E-state index in [-0.39, 0.29) is 24.7 Å². The third kappa shape index (κ3) is 4.77. The average molecular weight is 412 g/mol. The van der Waals surface area contributed by atoms with E-state index in [2.05, 4.69) is 0 Å². The van der Waals surface area contributed by atoms with Crippen molar-refractivity contribution >= 4 is 28.6 Å². The van der Waals surface area contributed by atoms with Crippen molar-refractivity contribution < 1.29 is 18.7 Å². The van der Waals surface area contributed by atoms with Gasteiger partial charge >= 0.3 is 0 Å². The molecule has 2 heterocycles. The maximum absolute atomic E-state index is 13.0. The van der Waals surface area contributed by atoms with Gasteiger partial charge in [-0.05, 0) is 64.1 Å². The number of rotatable bonds is 8. The molecule has 0 aliphatic rings. The Morgan fingerprint density at radius 2 is 1.59 bits per heavy atom. The lowest BCUT2D eigenvalue weighted by Crippen LogP contribution is -2.35. The van der Waals surface area contributed by atoms with Crippen molar-refractivity contribution in [1.82, 2.24) is 0 Å². The molecule has 6 heteroatoms. The van der Waals surface area contributed by atoms with Crippen LogP contribution >= 0.6 is 11.3 Å². The maximum Gasteiger partial charge on any atom is 0.185 e. The Bertz CT molecular complexity index is 970. The molecule has 0 bridgehead atoms. The van der Waals surface area contributed by atoms with Gasteiger partial charge in [0.15, 0.2) is 11.6 Å². The van der Waals surface area contributed by atoms with Crippen molar-refractivity contribution in [3.8, 4) is 5.75 Å². The number of aryl methyl sites for hydroxylation is 4. The van der Waals surface area contributed by atoms with Crippen LogP contribution < -0.4 is 9.64 Å². The molecule has 3 aromatic rings. The monoisotopic (exact) mass is 411 g/mol. The van der Waals surface area contributed by atoms with E-state index in [1.165, 1.54) is 0 Å². The zero-order chi connectivity index (χ0) is 21.1. The highest BCUT2D eigenvalue weighted by atomic mass is 32.1. The van der Waals surface area contributed by atoms with Crippen LogP contribution in [0.4, 0.5) is 5.69 Å². The van der Waals surface area contributed by atoms with E-state index in [1.54, 1.807) is 36.3 Å². The number of furan rings is 1. The van der Waals surface area contributed by atoms with Gasteiger partial charge in [-0.3, -0.25) is 9.59 Å². The molecule has 0 N–H and O–H groups in total. The fourth-order valence-corrected chi connectivity index (χ4v) is 4.31. The number of ether oxygens (including phenoxy) is 1. The predicted octanol–water partition coefficient (Wildman–Crippen LogP) is 5.16. The number of methoxy groups -OCH3 is 1. The first-order chi connectivity index (χ1) is 13.8. The van der Waals surface area contributed by atoms with E-state index >= 15 is 0 Å². The Hall–Kier alpha value is -2.86. The molecular weight excluding hydrogens is 386 g/mol. The first kappa shape index (κ1) is 20.9. The first-order valence-corrected chi connectivity index (χ1v) is 10.2. The molecule has 0 saturated carbocycles. The van der Waals surface area contributed by atoms with E-state index in [1.807, 2.05) is 51.1 Å². The SMILES string of the molecule is COc1ccc(N(CC(=O)c2cc(C)oc2C)CC(=O)c2cc(C)sc2C)cc1. The second-order valence-corrected chi connectivity index (χ2v) is 8.51. The molecule has 29 heavy (non-hydrogen) atoms. The van der Waals surface area contributed by atoms with Gasteiger partial charge in [0.1, 0.15) is 17.3 Å². The van der Waals surface area contributed by atoms with E-state index < -0.39 is 0 Å². The van der Waals surface area contributed by atoms with Crippen molar-refractivity contribution in [2.75, 3.05) is 25.1 Å². The van der Waals surface area contributed by atoms with Crippen molar-refractivity contribution in [3.05, 3.63) is 68.8 Å². The number of thiophene rings is 1. The first-order valence-electron chi connectivity index (χ1n) is 9.38. The minimum Gasteiger partial charge on any atom is -0.497 e. The fourth-order valence-electron chi connectivity index (χ4n) is 3.36. The molecule has 0 saturated heterocycles. The Balaban J connectivity index is 1.88. The van der Waals surface area contributed by atoms with Crippen LogP contribution in [0.5, 0.6) is 5.75 Å². The number of hydrogen-bond donors (Lipinski definition) is 0. The summed E-state index contributed by atoms with van der Waals surface area (Å²) < 4.78 is 10.7. The van der Waals surface area contributed by atoms with Crippen LogP contribution in [0.2, 0.25) is 0 Å². The van der Waals surface area contributed by atoms with Gasteiger partial charge in [-0.2, -0.15) is 0 Å². The molecule has 5 nitrogen and oxygen atoms in total. The number of nitrogens with zero attached hydrogens (tertiary/aromatic N) is 1. The number of carbonyl (C=O) groups excluding carboxylic acids is 2. The number of carbonyl (C=O) groups is 2. The zero-order valence-electron chi connectivity index (χ0n) is 17.4. The number of ketones is 2. The molecule has 0 amide bonds. The molecule has 3 rings (SSSR count). The standard InChI is InChI=1S/C23H25NO4S/c1-14-10-20(16(3)28-14)22(25)12-24(18-6-8-19(27-5)9-7-18)13-23(26)21-11-15(2)29-17(21)4/h6-11H,12-13H2,1-5H3. The topological polar surface area (TPSA) is 59.8 Å². The third-order valence-electron chi connectivity index (χ3n) is 4.79. The third-order valence-corrected chi connectivity index (χ3v) is 5.76. The molecule has 0 aliphatic heterocycles. The molecule has 1 aromatic carbocycles. The Labute approximate surface area is 174 Å². The fraction of sp³-hybridized carbons (Fsp3) is 0.304. The van der Waals surface area contributed by atoms with Crippen LogP contribution in [-0.4, -0.2) is 31.8 Å². The van der Waals surface area contributed by atoms with Crippen molar-refractivity contribution in [2.45, 2.75) is 27.7 Å². The average Bonchev–Trinajstić information content (AvgIpc) is 3.21. The van der Waals surface area contributed by atoms with Gasteiger partial charge in [-0.1, -0.05) is 0 Å². The van der Waals surface area contributed by atoms with Crippen LogP contribution in [-0.2, 0) is 0 Å². The lowest BCUT2D eigenvalue weighted by Gasteiger charge is -2.23. The van der Waals surface area contributed by atoms with Crippen LogP contribution in [0.3, 0.4) is 0 Å². The lowest BCUT2D eigenvalue weighted by molar-refractivity contribution is 0.0983. The minimum absolute atomic E-state index is 0.00411. The largest absolute Gasteiger partial charge is 0.497 e. The highest BCUT2D eigenvalue weighted by Gasteiger charge is 2.22. The molecule has 0 radical (unpaired) electrons. The summed E-state index contributed by atoms with van der Waals surface area (Å²) in [6.45, 7) is 7.73. The molecule has 0 unspecified atom stereocenters. The van der Waals surface area contributed by atoms with Crippen LogP contribution in [0.15, 0.2) is 40.8 Å². The van der Waals surface area contributed by atoms with E-state index in [4.69, 9.17) is 9.15 Å². The van der Waals surface area contributed by atoms with Crippen LogP contribution in [0, 0.1) is 27.7 Å². The maximum atomic E-state index is 13.0. The van der Waals surface area contributed by atoms with E-state index in [0.717, 1.165) is 21.2 Å². The van der Waals surface area contributed by atoms with Gasteiger partial charge in [0.05, 0.1) is 25.8 Å². The second kappa shape index (κ2) is 8.66. The summed E-state index contributed by atoms with van der Waals surface area (Å²) in [6, 6.07) is 11.0. The smallest absolute Gasteiger partial charge is 0.185 e. The number of benzene rings is 1. The normalized spacial score (nSPS) is 10.8. The van der Waals surface area contributed by atoms with Crippen molar-refractivity contribution in [3.63, 3.8) is 0 Å². The number of hydrogen-bond acceptors (Lipinski definition) is 6. The molecule has 0 atom stereocenters. The predicted molar refractivity (Wildman–Crippen MR) is 116 cm³/mol. The van der Waals surface area contributed by atoms with Crippen molar-refractivity contribution in [1.29, 1.82) is 0 Å². The Morgan fingerprint density at radius 1 is 0.966 bits per heavy atom. The number of anilines is 1. The van der Waals surface area contributed by atoms with Gasteiger partial charge in [-0.25, -0.2) is 0 Å². The Morgan fingerprint density at radius 3 is 2.07 bits per heavy atom. The van der Waals surface area contributed by atoms with Gasteiger partial charge in [-0.15, -0.1) is 11.3 Å². The van der Waals surface area contributed by atoms with Gasteiger partial charge in [0.25, 0.3) is 0 Å². The van der Waals surface area contributed by atoms with Gasteiger partial charge in [0.2, 0.25) is 0 Å². The summed E-state index contributed by atoms with van der Waals surface area (Å²) in [5.41, 5.74) is 2.06.